The van der Waals surface area contributed by atoms with Crippen LogP contribution in [0.25, 0.3) is 0 Å². The van der Waals surface area contributed by atoms with Gasteiger partial charge < -0.3 is 10.1 Å². The Kier molecular flexibility index (Phi) is 4.79. The van der Waals surface area contributed by atoms with Crippen LogP contribution in [0.3, 0.4) is 0 Å². The predicted molar refractivity (Wildman–Crippen MR) is 97.0 cm³/mol. The second-order valence-electron chi connectivity index (χ2n) is 7.66. The first-order chi connectivity index (χ1) is 11.9. The Morgan fingerprint density at radius 3 is 2.84 bits per heavy atom. The molecule has 1 saturated carbocycles. The van der Waals surface area contributed by atoms with Crippen molar-refractivity contribution in [2.45, 2.75) is 64.5 Å². The second-order valence-corrected chi connectivity index (χ2v) is 7.66. The Morgan fingerprint density at radius 2 is 2.16 bits per heavy atom. The van der Waals surface area contributed by atoms with Crippen LogP contribution in [0.5, 0.6) is 0 Å². The number of hydrogen-bond acceptors (Lipinski definition) is 5. The highest BCUT2D eigenvalue weighted by molar-refractivity contribution is 5.59. The molecule has 3 rings (SSSR count). The smallest absolute Gasteiger partial charge is 0.293 e. The molecule has 0 radical (unpaired) electrons. The van der Waals surface area contributed by atoms with E-state index in [4.69, 9.17) is 9.84 Å². The molecule has 6 nitrogen and oxygen atoms in total. The third-order valence-corrected chi connectivity index (χ3v) is 4.68. The molecule has 0 spiro atoms. The van der Waals surface area contributed by atoms with Crippen LogP contribution in [-0.4, -0.2) is 27.3 Å². The maximum Gasteiger partial charge on any atom is 0.293 e. The molecule has 1 N–H and O–H groups in total. The van der Waals surface area contributed by atoms with Crippen molar-refractivity contribution in [3.63, 3.8) is 0 Å². The van der Waals surface area contributed by atoms with Gasteiger partial charge in [0, 0.05) is 18.2 Å². The van der Waals surface area contributed by atoms with E-state index < -0.39 is 0 Å². The summed E-state index contributed by atoms with van der Waals surface area (Å²) in [6, 6.07) is 6.06. The van der Waals surface area contributed by atoms with Gasteiger partial charge in [0.05, 0.1) is 22.6 Å². The molecule has 1 aliphatic rings. The highest BCUT2D eigenvalue weighted by atomic mass is 16.5. The first-order valence-corrected chi connectivity index (χ1v) is 8.76. The van der Waals surface area contributed by atoms with Crippen LogP contribution in [0.4, 0.5) is 11.5 Å². The van der Waals surface area contributed by atoms with Gasteiger partial charge in [0.2, 0.25) is 0 Å². The normalized spacial score (nSPS) is 20.5. The molecule has 134 valence electrons. The average molecular weight is 342 g/mol. The largest absolute Gasteiger partial charge is 0.465 e. The highest BCUT2D eigenvalue weighted by Crippen LogP contribution is 2.37. The van der Waals surface area contributed by atoms with Crippen LogP contribution in [0.1, 0.15) is 57.3 Å². The lowest BCUT2D eigenvalue weighted by molar-refractivity contribution is -0.133. The molecule has 0 aliphatic heterocycles. The first-order valence-electron chi connectivity index (χ1n) is 8.76. The molecule has 2 heterocycles. The monoisotopic (exact) mass is 342 g/mol. The highest BCUT2D eigenvalue weighted by Gasteiger charge is 2.30. The Balaban J connectivity index is 1.88. The standard InChI is InChI=1S/C19H26N4O2/c1-13-16(6-5-9-20-13)21-18-11-17(22-23(18)19(2,3)4)14-7-8-15(10-14)25-12-24/h5-6,9,11-12,14-15,21H,7-8,10H2,1-4H3/t14-,15+/m0/s1. The van der Waals surface area contributed by atoms with E-state index in [0.717, 1.165) is 42.2 Å². The molecular weight excluding hydrogens is 316 g/mol. The van der Waals surface area contributed by atoms with E-state index in [1.807, 2.05) is 23.7 Å². The van der Waals surface area contributed by atoms with Gasteiger partial charge in [-0.1, -0.05) is 0 Å². The minimum atomic E-state index is -0.145. The summed E-state index contributed by atoms with van der Waals surface area (Å²) in [5.41, 5.74) is 2.84. The SMILES string of the molecule is Cc1ncccc1Nc1cc([C@H]2CC[C@@H](OC=O)C2)nn1C(C)(C)C. The third kappa shape index (κ3) is 3.83. The van der Waals surface area contributed by atoms with Crippen molar-refractivity contribution in [2.75, 3.05) is 5.32 Å². The Labute approximate surface area is 148 Å². The van der Waals surface area contributed by atoms with E-state index in [-0.39, 0.29) is 11.6 Å². The van der Waals surface area contributed by atoms with Crippen molar-refractivity contribution in [1.29, 1.82) is 0 Å². The molecule has 6 heteroatoms. The van der Waals surface area contributed by atoms with Gasteiger partial charge in [-0.25, -0.2) is 4.68 Å². The van der Waals surface area contributed by atoms with Gasteiger partial charge in [0.1, 0.15) is 11.9 Å². The fraction of sp³-hybridized carbons (Fsp3) is 0.526. The molecule has 0 saturated heterocycles. The van der Waals surface area contributed by atoms with Crippen molar-refractivity contribution in [1.82, 2.24) is 14.8 Å². The van der Waals surface area contributed by atoms with Gasteiger partial charge in [-0.3, -0.25) is 9.78 Å². The quantitative estimate of drug-likeness (QED) is 0.835. The van der Waals surface area contributed by atoms with Gasteiger partial charge in [-0.05, 0) is 59.1 Å². The predicted octanol–water partition coefficient (Wildman–Crippen LogP) is 3.89. The third-order valence-electron chi connectivity index (χ3n) is 4.68. The number of hydrogen-bond donors (Lipinski definition) is 1. The average Bonchev–Trinajstić information content (AvgIpc) is 3.16. The molecule has 2 aromatic rings. The van der Waals surface area contributed by atoms with Crippen molar-refractivity contribution in [3.8, 4) is 0 Å². The van der Waals surface area contributed by atoms with Gasteiger partial charge >= 0.3 is 0 Å². The Morgan fingerprint density at radius 1 is 1.36 bits per heavy atom. The number of nitrogens with one attached hydrogen (secondary N) is 1. The van der Waals surface area contributed by atoms with Gasteiger partial charge in [0.15, 0.2) is 0 Å². The molecule has 2 aromatic heterocycles. The number of anilines is 2. The number of aryl methyl sites for hydroxylation is 1. The minimum absolute atomic E-state index is 0.0132. The fourth-order valence-electron chi connectivity index (χ4n) is 3.36. The molecule has 0 aromatic carbocycles. The molecule has 0 amide bonds. The molecule has 1 aliphatic carbocycles. The molecule has 2 atom stereocenters. The number of rotatable bonds is 5. The molecular formula is C19H26N4O2. The van der Waals surface area contributed by atoms with Crippen LogP contribution in [0, 0.1) is 6.92 Å². The summed E-state index contributed by atoms with van der Waals surface area (Å²) < 4.78 is 7.16. The lowest BCUT2D eigenvalue weighted by Gasteiger charge is -2.23. The summed E-state index contributed by atoms with van der Waals surface area (Å²) in [7, 11) is 0. The van der Waals surface area contributed by atoms with E-state index >= 15 is 0 Å². The number of nitrogens with zero attached hydrogens (tertiary/aromatic N) is 3. The van der Waals surface area contributed by atoms with Crippen LogP contribution in [0.15, 0.2) is 24.4 Å². The topological polar surface area (TPSA) is 69.0 Å². The number of carbonyl (C=O) groups excluding carboxylic acids is 1. The van der Waals surface area contributed by atoms with E-state index in [0.29, 0.717) is 12.4 Å². The Hall–Kier alpha value is -2.37. The second kappa shape index (κ2) is 6.86. The van der Waals surface area contributed by atoms with E-state index in [9.17, 15) is 4.79 Å². The summed E-state index contributed by atoms with van der Waals surface area (Å²) in [4.78, 5) is 14.9. The lowest BCUT2D eigenvalue weighted by Crippen LogP contribution is -2.25. The molecule has 1 fully saturated rings. The maximum atomic E-state index is 10.6. The van der Waals surface area contributed by atoms with E-state index in [2.05, 4.69) is 37.1 Å². The molecule has 25 heavy (non-hydrogen) atoms. The van der Waals surface area contributed by atoms with Crippen LogP contribution < -0.4 is 5.32 Å². The van der Waals surface area contributed by atoms with Gasteiger partial charge in [-0.2, -0.15) is 5.10 Å². The number of aromatic nitrogens is 3. The van der Waals surface area contributed by atoms with Crippen molar-refractivity contribution < 1.29 is 9.53 Å². The Bertz CT molecular complexity index is 748. The minimum Gasteiger partial charge on any atom is -0.465 e. The maximum absolute atomic E-state index is 10.6. The molecule has 0 unspecified atom stereocenters. The molecule has 0 bridgehead atoms. The van der Waals surface area contributed by atoms with Crippen molar-refractivity contribution >= 4 is 18.0 Å². The fourth-order valence-corrected chi connectivity index (χ4v) is 3.36. The number of ether oxygens (including phenoxy) is 1. The summed E-state index contributed by atoms with van der Waals surface area (Å²) in [5, 5.41) is 8.35. The summed E-state index contributed by atoms with van der Waals surface area (Å²) in [6.45, 7) is 8.95. The van der Waals surface area contributed by atoms with Gasteiger partial charge in [0.25, 0.3) is 6.47 Å². The zero-order valence-corrected chi connectivity index (χ0v) is 15.3. The van der Waals surface area contributed by atoms with Crippen molar-refractivity contribution in [2.24, 2.45) is 0 Å². The van der Waals surface area contributed by atoms with E-state index in [1.165, 1.54) is 0 Å². The zero-order chi connectivity index (χ0) is 18.0. The van der Waals surface area contributed by atoms with Crippen LogP contribution in [-0.2, 0) is 15.1 Å². The van der Waals surface area contributed by atoms with Gasteiger partial charge in [-0.15, -0.1) is 0 Å². The summed E-state index contributed by atoms with van der Waals surface area (Å²) >= 11 is 0. The van der Waals surface area contributed by atoms with Crippen molar-refractivity contribution in [3.05, 3.63) is 35.8 Å². The number of pyridine rings is 1. The van der Waals surface area contributed by atoms with Crippen LogP contribution >= 0.6 is 0 Å². The number of carbonyl (C=O) groups is 1. The lowest BCUT2D eigenvalue weighted by atomic mass is 10.0. The summed E-state index contributed by atoms with van der Waals surface area (Å²) in [5.74, 6) is 1.28. The van der Waals surface area contributed by atoms with E-state index in [1.54, 1.807) is 6.20 Å². The first kappa shape index (κ1) is 17.5. The zero-order valence-electron chi connectivity index (χ0n) is 15.3. The summed E-state index contributed by atoms with van der Waals surface area (Å²) in [6.07, 6.45) is 4.53. The van der Waals surface area contributed by atoms with Crippen LogP contribution in [0.2, 0.25) is 0 Å².